The van der Waals surface area contributed by atoms with Crippen LogP contribution in [0.1, 0.15) is 40.5 Å². The summed E-state index contributed by atoms with van der Waals surface area (Å²) in [6, 6.07) is 0. The first kappa shape index (κ1) is 16.8. The van der Waals surface area contributed by atoms with Crippen LogP contribution >= 0.6 is 0 Å². The summed E-state index contributed by atoms with van der Waals surface area (Å²) < 4.78 is 67.7. The van der Waals surface area contributed by atoms with Gasteiger partial charge in [-0.15, -0.1) is 0 Å². The lowest BCUT2D eigenvalue weighted by molar-refractivity contribution is -0.0598. The van der Waals surface area contributed by atoms with E-state index in [2.05, 4.69) is 0 Å². The molecule has 9 heteroatoms. The average molecular weight is 290 g/mol. The maximum atomic E-state index is 11.2. The number of ether oxygens (including phenoxy) is 1. The molecule has 104 valence electrons. The Kier molecular flexibility index (Phi) is 4.74. The van der Waals surface area contributed by atoms with Crippen molar-refractivity contribution in [3.63, 3.8) is 0 Å². The highest BCUT2D eigenvalue weighted by Crippen LogP contribution is 2.33. The first-order valence-electron chi connectivity index (χ1n) is 4.97. The molecule has 0 spiro atoms. The van der Waals surface area contributed by atoms with Gasteiger partial charge in [0.25, 0.3) is 20.2 Å². The van der Waals surface area contributed by atoms with Gasteiger partial charge in [-0.2, -0.15) is 16.8 Å². The molecule has 0 aromatic carbocycles. The Hall–Kier alpha value is -0.220. The van der Waals surface area contributed by atoms with E-state index >= 15 is 0 Å². The van der Waals surface area contributed by atoms with E-state index in [1.807, 2.05) is 0 Å². The van der Waals surface area contributed by atoms with E-state index in [9.17, 15) is 16.8 Å². The van der Waals surface area contributed by atoms with Gasteiger partial charge in [0.15, 0.2) is 9.87 Å². The molecule has 2 N–H and O–H groups in total. The Morgan fingerprint density at radius 1 is 0.882 bits per heavy atom. The second-order valence-corrected chi connectivity index (χ2v) is 7.65. The van der Waals surface area contributed by atoms with Crippen molar-refractivity contribution in [3.8, 4) is 0 Å². The average Bonchev–Trinajstić information content (AvgIpc) is 2.13. The van der Waals surface area contributed by atoms with Crippen molar-refractivity contribution in [1.29, 1.82) is 0 Å². The summed E-state index contributed by atoms with van der Waals surface area (Å²) >= 11 is 0. The highest BCUT2D eigenvalue weighted by atomic mass is 32.2. The lowest BCUT2D eigenvalue weighted by atomic mass is 10.2. The molecule has 0 aromatic heterocycles. The van der Waals surface area contributed by atoms with Crippen molar-refractivity contribution in [2.24, 2.45) is 0 Å². The van der Waals surface area contributed by atoms with Gasteiger partial charge in [0.1, 0.15) is 0 Å². The Labute approximate surface area is 102 Å². The van der Waals surface area contributed by atoms with Crippen LogP contribution in [0.5, 0.6) is 0 Å². The van der Waals surface area contributed by atoms with Crippen LogP contribution in [0.25, 0.3) is 0 Å². The summed E-state index contributed by atoms with van der Waals surface area (Å²) in [7, 11) is -9.23. The molecule has 0 amide bonds. The van der Waals surface area contributed by atoms with Crippen LogP contribution in [0.15, 0.2) is 0 Å². The fraction of sp³-hybridized carbons (Fsp3) is 1.00. The summed E-state index contributed by atoms with van der Waals surface area (Å²) in [4.78, 5) is -4.18. The molecule has 7 nitrogen and oxygen atoms in total. The van der Waals surface area contributed by atoms with E-state index in [1.165, 1.54) is 13.8 Å². The molecule has 0 aliphatic heterocycles. The van der Waals surface area contributed by atoms with Gasteiger partial charge in [-0.1, -0.05) is 13.8 Å². The maximum Gasteiger partial charge on any atom is 0.294 e. The van der Waals surface area contributed by atoms with Gasteiger partial charge in [-0.05, 0) is 26.7 Å². The molecule has 0 aliphatic rings. The fourth-order valence-corrected chi connectivity index (χ4v) is 2.43. The SMILES string of the molecule is CCC(C)(OC(C)(CC)S(=O)(=O)O)S(=O)(=O)O. The summed E-state index contributed by atoms with van der Waals surface area (Å²) in [5.41, 5.74) is 0. The second-order valence-electron chi connectivity index (χ2n) is 4.03. The Balaban J connectivity index is 5.58. The number of hydrogen-bond acceptors (Lipinski definition) is 5. The molecule has 2 atom stereocenters. The van der Waals surface area contributed by atoms with Crippen molar-refractivity contribution in [3.05, 3.63) is 0 Å². The Bertz CT molecular complexity index is 422. The lowest BCUT2D eigenvalue weighted by Gasteiger charge is -2.35. The normalized spacial score (nSPS) is 20.6. The first-order valence-corrected chi connectivity index (χ1v) is 7.85. The molecular formula is C8H18O7S2. The largest absolute Gasteiger partial charge is 0.332 e. The molecule has 0 heterocycles. The molecule has 0 rings (SSSR count). The van der Waals surface area contributed by atoms with Gasteiger partial charge in [0, 0.05) is 0 Å². The highest BCUT2D eigenvalue weighted by molar-refractivity contribution is 7.87. The molecule has 0 saturated carbocycles. The van der Waals surface area contributed by atoms with Crippen LogP contribution in [0, 0.1) is 0 Å². The van der Waals surface area contributed by atoms with E-state index in [4.69, 9.17) is 13.8 Å². The van der Waals surface area contributed by atoms with Gasteiger partial charge in [-0.25, -0.2) is 0 Å². The van der Waals surface area contributed by atoms with Crippen LogP contribution in [-0.4, -0.2) is 35.8 Å². The van der Waals surface area contributed by atoms with Crippen molar-refractivity contribution in [1.82, 2.24) is 0 Å². The standard InChI is InChI=1S/C8H18O7S2/c1-5-7(3,16(9,10)11)15-8(4,6-2)17(12,13)14/h5-6H2,1-4H3,(H,9,10,11)(H,12,13,14). The monoisotopic (exact) mass is 290 g/mol. The minimum absolute atomic E-state index is 0.170. The summed E-state index contributed by atoms with van der Waals surface area (Å²) in [6.07, 6.45) is -0.339. The summed E-state index contributed by atoms with van der Waals surface area (Å²) in [5, 5.41) is 0. The molecule has 2 unspecified atom stereocenters. The second kappa shape index (κ2) is 4.81. The summed E-state index contributed by atoms with van der Waals surface area (Å²) in [5.74, 6) is 0. The van der Waals surface area contributed by atoms with Gasteiger partial charge in [-0.3, -0.25) is 9.11 Å². The van der Waals surface area contributed by atoms with Crippen molar-refractivity contribution < 1.29 is 30.7 Å². The third-order valence-corrected chi connectivity index (χ3v) is 5.73. The topological polar surface area (TPSA) is 118 Å². The predicted molar refractivity (Wildman–Crippen MR) is 61.6 cm³/mol. The maximum absolute atomic E-state index is 11.2. The zero-order valence-corrected chi connectivity index (χ0v) is 11.8. The predicted octanol–water partition coefficient (Wildman–Crippen LogP) is 1.03. The van der Waals surface area contributed by atoms with E-state index in [1.54, 1.807) is 0 Å². The van der Waals surface area contributed by atoms with Crippen molar-refractivity contribution in [2.45, 2.75) is 50.4 Å². The quantitative estimate of drug-likeness (QED) is 0.701. The van der Waals surface area contributed by atoms with Gasteiger partial charge in [0.2, 0.25) is 0 Å². The van der Waals surface area contributed by atoms with Gasteiger partial charge in [0.05, 0.1) is 0 Å². The third-order valence-electron chi connectivity index (χ3n) is 2.81. The lowest BCUT2D eigenvalue weighted by Crippen LogP contribution is -2.49. The minimum atomic E-state index is -4.62. The molecular weight excluding hydrogens is 272 g/mol. The zero-order chi connectivity index (χ0) is 14.1. The van der Waals surface area contributed by atoms with Gasteiger partial charge < -0.3 is 4.74 Å². The van der Waals surface area contributed by atoms with Crippen LogP contribution in [-0.2, 0) is 25.0 Å². The van der Waals surface area contributed by atoms with Gasteiger partial charge >= 0.3 is 0 Å². The molecule has 17 heavy (non-hydrogen) atoms. The van der Waals surface area contributed by atoms with E-state index < -0.39 is 30.1 Å². The minimum Gasteiger partial charge on any atom is -0.332 e. The van der Waals surface area contributed by atoms with Crippen LogP contribution in [0.4, 0.5) is 0 Å². The molecule has 0 fully saturated rings. The van der Waals surface area contributed by atoms with E-state index in [-0.39, 0.29) is 12.8 Å². The van der Waals surface area contributed by atoms with Crippen LogP contribution in [0.3, 0.4) is 0 Å². The highest BCUT2D eigenvalue weighted by Gasteiger charge is 2.48. The smallest absolute Gasteiger partial charge is 0.294 e. The Morgan fingerprint density at radius 2 is 1.12 bits per heavy atom. The third kappa shape index (κ3) is 3.38. The number of hydrogen-bond donors (Lipinski definition) is 2. The van der Waals surface area contributed by atoms with Crippen molar-refractivity contribution in [2.75, 3.05) is 0 Å². The molecule has 0 aromatic rings. The molecule has 0 saturated heterocycles. The first-order chi connectivity index (χ1) is 7.33. The molecule has 0 radical (unpaired) electrons. The molecule has 0 aliphatic carbocycles. The van der Waals surface area contributed by atoms with E-state index in [0.29, 0.717) is 0 Å². The fourth-order valence-electron chi connectivity index (χ4n) is 1.07. The zero-order valence-electron chi connectivity index (χ0n) is 10.2. The van der Waals surface area contributed by atoms with Crippen LogP contribution < -0.4 is 0 Å². The van der Waals surface area contributed by atoms with Crippen molar-refractivity contribution >= 4 is 20.2 Å². The Morgan fingerprint density at radius 3 is 1.24 bits per heavy atom. The molecule has 0 bridgehead atoms. The van der Waals surface area contributed by atoms with E-state index in [0.717, 1.165) is 13.8 Å². The van der Waals surface area contributed by atoms with Crippen LogP contribution in [0.2, 0.25) is 0 Å². The summed E-state index contributed by atoms with van der Waals surface area (Å²) in [6.45, 7) is 4.91. The number of rotatable bonds is 6.